The molecule has 9 heteroatoms. The topological polar surface area (TPSA) is 71.3 Å². The molecule has 0 saturated heterocycles. The van der Waals surface area contributed by atoms with Crippen molar-refractivity contribution in [3.63, 3.8) is 0 Å². The van der Waals surface area contributed by atoms with Crippen molar-refractivity contribution in [3.05, 3.63) is 58.3 Å². The van der Waals surface area contributed by atoms with E-state index in [0.29, 0.717) is 28.0 Å². The molecular formula is C19H13Cl2FN4O2. The van der Waals surface area contributed by atoms with E-state index in [2.05, 4.69) is 15.3 Å². The molecule has 0 radical (unpaired) electrons. The Kier molecular flexibility index (Phi) is 4.56. The fourth-order valence-electron chi connectivity index (χ4n) is 2.99. The van der Waals surface area contributed by atoms with E-state index in [0.717, 1.165) is 5.69 Å². The number of hydrogen-bond acceptors (Lipinski definition) is 5. The van der Waals surface area contributed by atoms with E-state index < -0.39 is 11.9 Å². The molecule has 0 aliphatic rings. The molecule has 142 valence electrons. The van der Waals surface area contributed by atoms with Gasteiger partial charge < -0.3 is 14.6 Å². The third-order valence-electron chi connectivity index (χ3n) is 4.21. The zero-order valence-electron chi connectivity index (χ0n) is 14.8. The van der Waals surface area contributed by atoms with Crippen LogP contribution in [0.3, 0.4) is 0 Å². The largest absolute Gasteiger partial charge is 0.454 e. The Labute approximate surface area is 169 Å². The second-order valence-corrected chi connectivity index (χ2v) is 7.05. The number of carbonyl (C=O) groups excluding carboxylic acids is 1. The predicted molar refractivity (Wildman–Crippen MR) is 107 cm³/mol. The van der Waals surface area contributed by atoms with Crippen molar-refractivity contribution in [2.75, 3.05) is 24.3 Å². The second-order valence-electron chi connectivity index (χ2n) is 6.29. The number of fused-ring (bicyclic) bond motifs is 2. The highest BCUT2D eigenvalue weighted by molar-refractivity contribution is 6.41. The highest BCUT2D eigenvalue weighted by atomic mass is 35.5. The molecule has 0 saturated carbocycles. The van der Waals surface area contributed by atoms with Gasteiger partial charge in [0.15, 0.2) is 5.58 Å². The van der Waals surface area contributed by atoms with Gasteiger partial charge in [-0.3, -0.25) is 4.79 Å². The van der Waals surface area contributed by atoms with Crippen molar-refractivity contribution in [2.45, 2.75) is 0 Å². The van der Waals surface area contributed by atoms with Gasteiger partial charge in [0.25, 0.3) is 5.91 Å². The first-order valence-electron chi connectivity index (χ1n) is 8.15. The number of aromatic nitrogens is 2. The van der Waals surface area contributed by atoms with Gasteiger partial charge in [-0.1, -0.05) is 23.2 Å². The second kappa shape index (κ2) is 6.92. The van der Waals surface area contributed by atoms with Crippen molar-refractivity contribution in [1.29, 1.82) is 0 Å². The Morgan fingerprint density at radius 2 is 2.00 bits per heavy atom. The van der Waals surface area contributed by atoms with Crippen LogP contribution in [0.5, 0.6) is 0 Å². The number of amides is 1. The van der Waals surface area contributed by atoms with Gasteiger partial charge in [-0.15, -0.1) is 0 Å². The fourth-order valence-corrected chi connectivity index (χ4v) is 3.26. The average molecular weight is 419 g/mol. The summed E-state index contributed by atoms with van der Waals surface area (Å²) in [5.74, 6) is -1.09. The number of nitrogens with one attached hydrogen (secondary N) is 1. The molecule has 1 amide bonds. The summed E-state index contributed by atoms with van der Waals surface area (Å²) in [6, 6.07) is 6.14. The van der Waals surface area contributed by atoms with Crippen LogP contribution in [-0.2, 0) is 0 Å². The van der Waals surface area contributed by atoms with Crippen LogP contribution in [0.25, 0.3) is 22.3 Å². The molecule has 1 N–H and O–H groups in total. The monoisotopic (exact) mass is 418 g/mol. The van der Waals surface area contributed by atoms with Gasteiger partial charge in [0.2, 0.25) is 5.95 Å². The molecule has 2 bridgehead atoms. The normalized spacial score (nSPS) is 11.2. The van der Waals surface area contributed by atoms with Crippen LogP contribution in [0.2, 0.25) is 10.2 Å². The Morgan fingerprint density at radius 1 is 1.21 bits per heavy atom. The molecule has 0 spiro atoms. The van der Waals surface area contributed by atoms with Crippen molar-refractivity contribution >= 4 is 51.6 Å². The Balaban J connectivity index is 1.82. The first-order valence-corrected chi connectivity index (χ1v) is 8.91. The number of halogens is 3. The standard InChI is InChI=1S/C19H13Cl2FN4O2/c1-26(2)12-7-13-16(19(27)25-10-6-11(20)18(21)24-8-10)15(17(12)28-13)9-3-4-23-14(22)5-9/h3-8H,1-2H3,(H,25,27). The third kappa shape index (κ3) is 3.12. The van der Waals surface area contributed by atoms with Crippen molar-refractivity contribution in [1.82, 2.24) is 9.97 Å². The summed E-state index contributed by atoms with van der Waals surface area (Å²) in [5, 5.41) is 3.08. The number of pyridine rings is 2. The van der Waals surface area contributed by atoms with Crippen LogP contribution in [0, 0.1) is 5.95 Å². The predicted octanol–water partition coefficient (Wildman–Crippen LogP) is 5.09. The lowest BCUT2D eigenvalue weighted by Crippen LogP contribution is -2.14. The molecule has 4 aromatic heterocycles. The maximum absolute atomic E-state index is 13.7. The maximum Gasteiger partial charge on any atom is 0.260 e. The van der Waals surface area contributed by atoms with Crippen LogP contribution in [0.1, 0.15) is 10.4 Å². The van der Waals surface area contributed by atoms with Gasteiger partial charge in [-0.2, -0.15) is 4.39 Å². The number of nitrogens with zero attached hydrogens (tertiary/aromatic N) is 3. The van der Waals surface area contributed by atoms with E-state index >= 15 is 0 Å². The van der Waals surface area contributed by atoms with Crippen molar-refractivity contribution < 1.29 is 13.6 Å². The molecular weight excluding hydrogens is 406 g/mol. The molecule has 0 fully saturated rings. The van der Waals surface area contributed by atoms with Gasteiger partial charge in [-0.25, -0.2) is 9.97 Å². The maximum atomic E-state index is 13.7. The SMILES string of the molecule is CN(C)c1cc2oc1c(-c1ccnc(F)c1)c2C(=O)Nc1cnc(Cl)c(Cl)c1. The smallest absolute Gasteiger partial charge is 0.260 e. The summed E-state index contributed by atoms with van der Waals surface area (Å²) in [4.78, 5) is 22.4. The number of rotatable bonds is 4. The van der Waals surface area contributed by atoms with E-state index in [1.807, 2.05) is 19.0 Å². The zero-order chi connectivity index (χ0) is 20.0. The summed E-state index contributed by atoms with van der Waals surface area (Å²) >= 11 is 11.8. The molecule has 0 atom stereocenters. The van der Waals surface area contributed by atoms with Crippen LogP contribution in [-0.4, -0.2) is 30.0 Å². The quantitative estimate of drug-likeness (QED) is 0.467. The minimum atomic E-state index is -0.651. The number of anilines is 2. The highest BCUT2D eigenvalue weighted by Crippen LogP contribution is 2.43. The van der Waals surface area contributed by atoms with E-state index in [9.17, 15) is 9.18 Å². The zero-order valence-corrected chi connectivity index (χ0v) is 16.3. The van der Waals surface area contributed by atoms with Crippen molar-refractivity contribution in [3.8, 4) is 11.1 Å². The lowest BCUT2D eigenvalue weighted by Gasteiger charge is -2.13. The van der Waals surface area contributed by atoms with Crippen LogP contribution < -0.4 is 10.2 Å². The molecule has 4 aromatic rings. The van der Waals surface area contributed by atoms with E-state index in [-0.39, 0.29) is 15.7 Å². The van der Waals surface area contributed by atoms with Gasteiger partial charge in [0, 0.05) is 38.0 Å². The number of hydrogen-bond donors (Lipinski definition) is 1. The van der Waals surface area contributed by atoms with Gasteiger partial charge in [0.05, 0.1) is 28.2 Å². The average Bonchev–Trinajstić information content (AvgIpc) is 3.23. The first kappa shape index (κ1) is 18.5. The summed E-state index contributed by atoms with van der Waals surface area (Å²) in [7, 11) is 3.71. The van der Waals surface area contributed by atoms with E-state index in [1.165, 1.54) is 24.5 Å². The molecule has 0 unspecified atom stereocenters. The van der Waals surface area contributed by atoms with Crippen LogP contribution >= 0.6 is 23.2 Å². The molecule has 28 heavy (non-hydrogen) atoms. The third-order valence-corrected chi connectivity index (χ3v) is 4.90. The van der Waals surface area contributed by atoms with Gasteiger partial charge in [-0.05, 0) is 17.7 Å². The molecule has 4 rings (SSSR count). The number of furan rings is 2. The van der Waals surface area contributed by atoms with Crippen molar-refractivity contribution in [2.24, 2.45) is 0 Å². The Morgan fingerprint density at radius 3 is 2.68 bits per heavy atom. The summed E-state index contributed by atoms with van der Waals surface area (Å²) in [6.07, 6.45) is 2.73. The molecule has 0 aliphatic carbocycles. The molecule has 6 nitrogen and oxygen atoms in total. The van der Waals surface area contributed by atoms with Gasteiger partial charge >= 0.3 is 0 Å². The van der Waals surface area contributed by atoms with Crippen LogP contribution in [0.4, 0.5) is 15.8 Å². The fraction of sp³-hybridized carbons (Fsp3) is 0.105. The molecule has 4 heterocycles. The molecule has 0 aliphatic heterocycles. The first-order chi connectivity index (χ1) is 13.3. The Hall–Kier alpha value is -2.90. The summed E-state index contributed by atoms with van der Waals surface area (Å²) in [5.41, 5.74) is 3.31. The van der Waals surface area contributed by atoms with E-state index in [1.54, 1.807) is 12.1 Å². The van der Waals surface area contributed by atoms with Crippen LogP contribution in [0.15, 0.2) is 41.1 Å². The number of benzene rings is 1. The number of carbonyl (C=O) groups is 1. The summed E-state index contributed by atoms with van der Waals surface area (Å²) in [6.45, 7) is 0. The Bertz CT molecular complexity index is 1190. The summed E-state index contributed by atoms with van der Waals surface area (Å²) < 4.78 is 19.6. The molecule has 0 aromatic carbocycles. The lowest BCUT2D eigenvalue weighted by atomic mass is 9.98. The highest BCUT2D eigenvalue weighted by Gasteiger charge is 2.28. The van der Waals surface area contributed by atoms with Gasteiger partial charge in [0.1, 0.15) is 10.7 Å². The minimum absolute atomic E-state index is 0.138. The lowest BCUT2D eigenvalue weighted by molar-refractivity contribution is 0.102. The van der Waals surface area contributed by atoms with E-state index in [4.69, 9.17) is 27.6 Å². The minimum Gasteiger partial charge on any atom is -0.454 e.